The molecule has 0 unspecified atom stereocenters. The molecule has 0 bridgehead atoms. The summed E-state index contributed by atoms with van der Waals surface area (Å²) in [7, 11) is -4.40. The first-order valence-electron chi connectivity index (χ1n) is 10.5. The van der Waals surface area contributed by atoms with E-state index in [0.717, 1.165) is 30.3 Å². The monoisotopic (exact) mass is 526 g/mol. The molecule has 1 fully saturated rings. The maximum absolute atomic E-state index is 14.7. The van der Waals surface area contributed by atoms with Crippen LogP contribution in [0.25, 0.3) is 0 Å². The van der Waals surface area contributed by atoms with Crippen molar-refractivity contribution in [1.29, 1.82) is 0 Å². The van der Waals surface area contributed by atoms with Gasteiger partial charge in [0.05, 0.1) is 4.90 Å². The van der Waals surface area contributed by atoms with E-state index >= 15 is 0 Å². The van der Waals surface area contributed by atoms with Gasteiger partial charge in [-0.05, 0) is 67.0 Å². The van der Waals surface area contributed by atoms with Crippen LogP contribution in [0.1, 0.15) is 36.0 Å². The van der Waals surface area contributed by atoms with Crippen molar-refractivity contribution in [2.45, 2.75) is 53.3 Å². The quantitative estimate of drug-likeness (QED) is 0.281. The van der Waals surface area contributed by atoms with Gasteiger partial charge in [-0.3, -0.25) is 0 Å². The van der Waals surface area contributed by atoms with Gasteiger partial charge in [0.1, 0.15) is 16.9 Å². The lowest BCUT2D eigenvalue weighted by molar-refractivity contribution is -0.348. The third kappa shape index (κ3) is 3.50. The average molecular weight is 526 g/mol. The number of hydrogen-bond donors (Lipinski definition) is 0. The maximum Gasteiger partial charge on any atom is 0.435 e. The zero-order valence-corrected chi connectivity index (χ0v) is 18.6. The largest absolute Gasteiger partial charge is 0.435 e. The standard InChI is InChI=1S/C23H18F8O3S/c24-16-3-5-17(6-4-16)35(33,34)20-10-9-14(12-32)19(20)7-1-13-11-15(2-8-18(13)20)21(25,22(26,27)28)23(29,30)31/h2-6,8,11-12,14,19H,1,7,9-10H2/t14-,19-,20+/m0/s1. The van der Waals surface area contributed by atoms with E-state index in [9.17, 15) is 48.3 Å². The van der Waals surface area contributed by atoms with E-state index < -0.39 is 55.8 Å². The molecule has 0 aromatic heterocycles. The summed E-state index contributed by atoms with van der Waals surface area (Å²) in [5.41, 5.74) is -7.60. The summed E-state index contributed by atoms with van der Waals surface area (Å²) >= 11 is 0. The van der Waals surface area contributed by atoms with Crippen molar-refractivity contribution in [3.63, 3.8) is 0 Å². The van der Waals surface area contributed by atoms with Gasteiger partial charge in [0.2, 0.25) is 0 Å². The van der Waals surface area contributed by atoms with Gasteiger partial charge < -0.3 is 4.79 Å². The fourth-order valence-electron chi connectivity index (χ4n) is 5.59. The molecule has 190 valence electrons. The Balaban J connectivity index is 1.96. The van der Waals surface area contributed by atoms with Crippen LogP contribution in [-0.2, 0) is 31.5 Å². The lowest BCUT2D eigenvalue weighted by atomic mass is 9.73. The fraction of sp³-hybridized carbons (Fsp3) is 0.435. The van der Waals surface area contributed by atoms with E-state index in [1.807, 2.05) is 0 Å². The highest BCUT2D eigenvalue weighted by Gasteiger charge is 2.73. The first kappa shape index (κ1) is 25.6. The van der Waals surface area contributed by atoms with E-state index in [2.05, 4.69) is 0 Å². The Morgan fingerprint density at radius 3 is 2.03 bits per heavy atom. The van der Waals surface area contributed by atoms with Gasteiger partial charge in [0.15, 0.2) is 9.84 Å². The third-order valence-electron chi connectivity index (χ3n) is 7.21. The van der Waals surface area contributed by atoms with Crippen molar-refractivity contribution in [3.8, 4) is 0 Å². The molecule has 0 N–H and O–H groups in total. The smallest absolute Gasteiger partial charge is 0.303 e. The van der Waals surface area contributed by atoms with Crippen LogP contribution in [-0.4, -0.2) is 27.1 Å². The normalized spacial score (nSPS) is 25.1. The van der Waals surface area contributed by atoms with Crippen LogP contribution in [0.5, 0.6) is 0 Å². The molecule has 2 aliphatic carbocycles. The van der Waals surface area contributed by atoms with Crippen LogP contribution in [0.15, 0.2) is 47.4 Å². The van der Waals surface area contributed by atoms with Crippen LogP contribution in [0.2, 0.25) is 0 Å². The third-order valence-corrected chi connectivity index (χ3v) is 9.79. The summed E-state index contributed by atoms with van der Waals surface area (Å²) in [5, 5.41) is 0. The molecule has 0 saturated heterocycles. The second-order valence-electron chi connectivity index (χ2n) is 8.86. The highest BCUT2D eigenvalue weighted by Crippen LogP contribution is 2.60. The molecule has 1 saturated carbocycles. The van der Waals surface area contributed by atoms with Crippen LogP contribution in [0, 0.1) is 17.7 Å². The summed E-state index contributed by atoms with van der Waals surface area (Å²) in [6.45, 7) is 0. The molecule has 35 heavy (non-hydrogen) atoms. The number of benzene rings is 2. The van der Waals surface area contributed by atoms with Crippen LogP contribution in [0.4, 0.5) is 35.1 Å². The van der Waals surface area contributed by atoms with E-state index in [0.29, 0.717) is 18.4 Å². The number of alkyl halides is 7. The van der Waals surface area contributed by atoms with Gasteiger partial charge in [-0.25, -0.2) is 17.2 Å². The van der Waals surface area contributed by atoms with Crippen LogP contribution < -0.4 is 0 Å². The highest BCUT2D eigenvalue weighted by molar-refractivity contribution is 7.92. The minimum absolute atomic E-state index is 0.0302. The molecule has 0 heterocycles. The molecular weight excluding hydrogens is 508 g/mol. The van der Waals surface area contributed by atoms with Crippen molar-refractivity contribution in [3.05, 3.63) is 65.0 Å². The summed E-state index contributed by atoms with van der Waals surface area (Å²) in [6, 6.07) is 5.34. The molecule has 3 atom stereocenters. The number of sulfone groups is 1. The molecule has 2 aromatic carbocycles. The molecular formula is C23H18F8O3S. The topological polar surface area (TPSA) is 51.2 Å². The lowest BCUT2D eigenvalue weighted by Crippen LogP contribution is -2.50. The van der Waals surface area contributed by atoms with Crippen LogP contribution >= 0.6 is 0 Å². The van der Waals surface area contributed by atoms with Gasteiger partial charge >= 0.3 is 18.0 Å². The van der Waals surface area contributed by atoms with Crippen molar-refractivity contribution >= 4 is 16.1 Å². The number of halogens is 8. The Labute approximate surface area is 195 Å². The Morgan fingerprint density at radius 1 is 0.886 bits per heavy atom. The van der Waals surface area contributed by atoms with E-state index in [1.165, 1.54) is 0 Å². The molecule has 12 heteroatoms. The molecule has 3 nitrogen and oxygen atoms in total. The summed E-state index contributed by atoms with van der Waals surface area (Å²) in [6.07, 6.45) is -12.2. The number of aryl methyl sites for hydroxylation is 1. The predicted octanol–water partition coefficient (Wildman–Crippen LogP) is 5.96. The van der Waals surface area contributed by atoms with Gasteiger partial charge in [-0.2, -0.15) is 26.3 Å². The zero-order valence-electron chi connectivity index (χ0n) is 17.8. The van der Waals surface area contributed by atoms with Crippen molar-refractivity contribution in [2.75, 3.05) is 0 Å². The van der Waals surface area contributed by atoms with Crippen molar-refractivity contribution < 1.29 is 48.3 Å². The van der Waals surface area contributed by atoms with Crippen LogP contribution in [0.3, 0.4) is 0 Å². The zero-order chi connectivity index (χ0) is 26.0. The maximum atomic E-state index is 14.7. The Morgan fingerprint density at radius 2 is 1.49 bits per heavy atom. The van der Waals surface area contributed by atoms with Crippen molar-refractivity contribution in [1.82, 2.24) is 0 Å². The number of fused-ring (bicyclic) bond motifs is 3. The Bertz CT molecular complexity index is 1240. The molecule has 0 spiro atoms. The molecule has 0 radical (unpaired) electrons. The van der Waals surface area contributed by atoms with E-state index in [-0.39, 0.29) is 41.7 Å². The average Bonchev–Trinajstić information content (AvgIpc) is 3.17. The SMILES string of the molecule is O=C[C@@H]1CC[C@@]2(S(=O)(=O)c3ccc(F)cc3)c3ccc(C(F)(C(F)(F)F)C(F)(F)F)cc3CC[C@@H]12. The molecule has 0 amide bonds. The van der Waals surface area contributed by atoms with Gasteiger partial charge in [-0.15, -0.1) is 0 Å². The minimum atomic E-state index is -6.31. The van der Waals surface area contributed by atoms with E-state index in [1.54, 1.807) is 0 Å². The molecule has 4 rings (SSSR count). The van der Waals surface area contributed by atoms with Crippen molar-refractivity contribution in [2.24, 2.45) is 11.8 Å². The molecule has 0 aliphatic heterocycles. The Hall–Kier alpha value is -2.50. The first-order valence-corrected chi connectivity index (χ1v) is 12.0. The number of carbonyl (C=O) groups is 1. The fourth-order valence-corrected chi connectivity index (χ4v) is 8.07. The summed E-state index contributed by atoms with van der Waals surface area (Å²) in [4.78, 5) is 11.4. The second-order valence-corrected chi connectivity index (χ2v) is 11.1. The molecule has 2 aromatic rings. The van der Waals surface area contributed by atoms with Gasteiger partial charge in [0, 0.05) is 11.5 Å². The highest BCUT2D eigenvalue weighted by atomic mass is 32.2. The number of rotatable bonds is 4. The molecule has 2 aliphatic rings. The second kappa shape index (κ2) is 8.01. The number of carbonyl (C=O) groups excluding carboxylic acids is 1. The van der Waals surface area contributed by atoms with E-state index in [4.69, 9.17) is 0 Å². The van der Waals surface area contributed by atoms with Gasteiger partial charge in [-0.1, -0.05) is 18.2 Å². The summed E-state index contributed by atoms with van der Waals surface area (Å²) in [5.74, 6) is -2.25. The summed E-state index contributed by atoms with van der Waals surface area (Å²) < 4.78 is 134. The van der Waals surface area contributed by atoms with Gasteiger partial charge in [0.25, 0.3) is 0 Å². The minimum Gasteiger partial charge on any atom is -0.303 e. The lowest BCUT2D eigenvalue weighted by Gasteiger charge is -2.42. The number of hydrogen-bond acceptors (Lipinski definition) is 3. The number of aldehydes is 1. The first-order chi connectivity index (χ1) is 16.1. The Kier molecular flexibility index (Phi) is 5.85. The predicted molar refractivity (Wildman–Crippen MR) is 107 cm³/mol.